The van der Waals surface area contributed by atoms with E-state index >= 15 is 0 Å². The molecule has 0 N–H and O–H groups in total. The molecule has 0 aliphatic carbocycles. The van der Waals surface area contributed by atoms with Crippen LogP contribution in [0.5, 0.6) is 0 Å². The van der Waals surface area contributed by atoms with E-state index in [0.717, 1.165) is 0 Å². The number of hydrogen-bond acceptors (Lipinski definition) is 2. The molecule has 0 aliphatic rings. The van der Waals surface area contributed by atoms with Crippen molar-refractivity contribution in [1.82, 2.24) is 0 Å². The Bertz CT molecular complexity index is 101. The van der Waals surface area contributed by atoms with Crippen LogP contribution in [0.25, 0.3) is 0 Å². The molecule has 0 aromatic heterocycles. The van der Waals surface area contributed by atoms with Gasteiger partial charge < -0.3 is 4.74 Å². The third-order valence-corrected chi connectivity index (χ3v) is 0.803. The Kier molecular flexibility index (Phi) is 3.20. The van der Waals surface area contributed by atoms with Crippen LogP contribution in [-0.4, -0.2) is 12.3 Å². The van der Waals surface area contributed by atoms with Gasteiger partial charge in [-0.15, -0.1) is 0 Å². The highest BCUT2D eigenvalue weighted by Gasteiger charge is 2.13. The fourth-order valence-electron chi connectivity index (χ4n) is 0.295. The Balaban J connectivity index is 3.50. The molecule has 0 saturated heterocycles. The second-order valence-corrected chi connectivity index (χ2v) is 2.20. The van der Waals surface area contributed by atoms with E-state index in [1.54, 1.807) is 13.8 Å². The second-order valence-electron chi connectivity index (χ2n) is 2.20. The maximum Gasteiger partial charge on any atom is 0.305 e. The van der Waals surface area contributed by atoms with Crippen molar-refractivity contribution in [3.63, 3.8) is 0 Å². The van der Waals surface area contributed by atoms with Crippen LogP contribution < -0.4 is 0 Å². The summed E-state index contributed by atoms with van der Waals surface area (Å²) in [6.45, 7) is 4.48. The number of ether oxygens (including phenoxy) is 1. The summed E-state index contributed by atoms with van der Waals surface area (Å²) in [5, 5.41) is 0. The molecule has 0 radical (unpaired) electrons. The molecule has 0 rings (SSSR count). The summed E-state index contributed by atoms with van der Waals surface area (Å²) in [5.41, 5.74) is 0. The molecule has 0 aliphatic heterocycles. The smallest absolute Gasteiger partial charge is 0.305 e. The first-order valence-electron chi connectivity index (χ1n) is 2.85. The number of carbonyl (C=O) groups excluding carboxylic acids is 1. The number of esters is 1. The van der Waals surface area contributed by atoms with Crippen molar-refractivity contribution in [3.8, 4) is 0 Å². The van der Waals surface area contributed by atoms with Gasteiger partial charge in [-0.3, -0.25) is 4.79 Å². The molecule has 1 atom stereocenters. The highest BCUT2D eigenvalue weighted by atomic mass is 19.1. The van der Waals surface area contributed by atoms with Crippen molar-refractivity contribution in [2.45, 2.75) is 27.1 Å². The molecular weight excluding hydrogens is 123 g/mol. The second kappa shape index (κ2) is 3.43. The summed E-state index contributed by atoms with van der Waals surface area (Å²) in [6, 6.07) is 0. The Hall–Kier alpha value is -0.600. The molecule has 0 fully saturated rings. The van der Waals surface area contributed by atoms with Gasteiger partial charge in [0.15, 0.2) is 0 Å². The van der Waals surface area contributed by atoms with Crippen molar-refractivity contribution < 1.29 is 13.9 Å². The number of halogens is 1. The first-order valence-corrected chi connectivity index (χ1v) is 2.85. The van der Waals surface area contributed by atoms with Gasteiger partial charge in [-0.25, -0.2) is 4.39 Å². The molecule has 0 amide bonds. The van der Waals surface area contributed by atoms with Crippen LogP contribution in [0.3, 0.4) is 0 Å². The molecule has 0 bridgehead atoms. The lowest BCUT2D eigenvalue weighted by molar-refractivity contribution is -0.159. The van der Waals surface area contributed by atoms with Gasteiger partial charge in [-0.2, -0.15) is 0 Å². The third kappa shape index (κ3) is 3.94. The van der Waals surface area contributed by atoms with Gasteiger partial charge in [-0.1, -0.05) is 13.8 Å². The molecule has 2 nitrogen and oxygen atoms in total. The molecule has 1 unspecified atom stereocenters. The molecule has 3 heteroatoms. The summed E-state index contributed by atoms with van der Waals surface area (Å²) in [7, 11) is 0. The quantitative estimate of drug-likeness (QED) is 0.535. The Morgan fingerprint density at radius 1 is 1.56 bits per heavy atom. The summed E-state index contributed by atoms with van der Waals surface area (Å²) >= 11 is 0. The van der Waals surface area contributed by atoms with Gasteiger partial charge in [0.05, 0.1) is 0 Å². The van der Waals surface area contributed by atoms with Gasteiger partial charge in [0, 0.05) is 12.8 Å². The topological polar surface area (TPSA) is 26.3 Å². The van der Waals surface area contributed by atoms with Crippen LogP contribution in [-0.2, 0) is 9.53 Å². The van der Waals surface area contributed by atoms with Crippen LogP contribution in [0.4, 0.5) is 4.39 Å². The van der Waals surface area contributed by atoms with Crippen LogP contribution in [0, 0.1) is 5.92 Å². The van der Waals surface area contributed by atoms with Gasteiger partial charge in [0.2, 0.25) is 6.36 Å². The van der Waals surface area contributed by atoms with Crippen molar-refractivity contribution in [1.29, 1.82) is 0 Å². The van der Waals surface area contributed by atoms with E-state index in [1.807, 2.05) is 0 Å². The Labute approximate surface area is 54.0 Å². The van der Waals surface area contributed by atoms with E-state index in [1.165, 1.54) is 6.92 Å². The monoisotopic (exact) mass is 134 g/mol. The normalized spacial score (nSPS) is 13.4. The number of alkyl halides is 1. The van der Waals surface area contributed by atoms with Crippen LogP contribution >= 0.6 is 0 Å². The minimum atomic E-state index is -1.46. The molecule has 9 heavy (non-hydrogen) atoms. The van der Waals surface area contributed by atoms with Gasteiger partial charge >= 0.3 is 5.97 Å². The minimum absolute atomic E-state index is 0.256. The van der Waals surface area contributed by atoms with Crippen molar-refractivity contribution >= 4 is 5.97 Å². The highest BCUT2D eigenvalue weighted by molar-refractivity contribution is 5.66. The Morgan fingerprint density at radius 2 is 2.00 bits per heavy atom. The fraction of sp³-hybridized carbons (Fsp3) is 0.833. The summed E-state index contributed by atoms with van der Waals surface area (Å²) in [5.74, 6) is -0.829. The Morgan fingerprint density at radius 3 is 2.11 bits per heavy atom. The van der Waals surface area contributed by atoms with E-state index < -0.39 is 12.3 Å². The summed E-state index contributed by atoms with van der Waals surface area (Å²) < 4.78 is 16.5. The van der Waals surface area contributed by atoms with E-state index in [-0.39, 0.29) is 5.92 Å². The molecule has 0 heterocycles. The van der Waals surface area contributed by atoms with Crippen LogP contribution in [0.1, 0.15) is 20.8 Å². The molecule has 0 aromatic carbocycles. The number of rotatable bonds is 2. The van der Waals surface area contributed by atoms with Gasteiger partial charge in [0.25, 0.3) is 0 Å². The molecule has 54 valence electrons. The zero-order chi connectivity index (χ0) is 7.44. The molecule has 0 aromatic rings. The molecule has 0 saturated carbocycles. The van der Waals surface area contributed by atoms with Gasteiger partial charge in [0.1, 0.15) is 0 Å². The fourth-order valence-corrected chi connectivity index (χ4v) is 0.295. The lowest BCUT2D eigenvalue weighted by atomic mass is 10.2. The predicted molar refractivity (Wildman–Crippen MR) is 31.5 cm³/mol. The van der Waals surface area contributed by atoms with Crippen LogP contribution in [0.15, 0.2) is 0 Å². The highest BCUT2D eigenvalue weighted by Crippen LogP contribution is 2.06. The lowest BCUT2D eigenvalue weighted by Gasteiger charge is -2.10. The minimum Gasteiger partial charge on any atom is -0.431 e. The number of carbonyl (C=O) groups is 1. The predicted octanol–water partition coefficient (Wildman–Crippen LogP) is 1.50. The standard InChI is InChI=1S/C6H11FO2/c1-4(2)6(7)9-5(3)8/h4,6H,1-3H3. The SMILES string of the molecule is CC(=O)OC(F)C(C)C. The first kappa shape index (κ1) is 8.40. The van der Waals surface area contributed by atoms with E-state index in [9.17, 15) is 9.18 Å². The average molecular weight is 134 g/mol. The van der Waals surface area contributed by atoms with E-state index in [4.69, 9.17) is 0 Å². The first-order chi connectivity index (χ1) is 4.04. The average Bonchev–Trinajstić information content (AvgIpc) is 1.63. The number of hydrogen-bond donors (Lipinski definition) is 0. The maximum atomic E-state index is 12.3. The molecule has 0 spiro atoms. The largest absolute Gasteiger partial charge is 0.431 e. The van der Waals surface area contributed by atoms with Crippen molar-refractivity contribution in [2.24, 2.45) is 5.92 Å². The van der Waals surface area contributed by atoms with Crippen LogP contribution in [0.2, 0.25) is 0 Å². The van der Waals surface area contributed by atoms with Crippen molar-refractivity contribution in [2.75, 3.05) is 0 Å². The molecular formula is C6H11FO2. The lowest BCUT2D eigenvalue weighted by Crippen LogP contribution is -2.16. The maximum absolute atomic E-state index is 12.3. The van der Waals surface area contributed by atoms with E-state index in [2.05, 4.69) is 4.74 Å². The zero-order valence-corrected chi connectivity index (χ0v) is 5.85. The summed E-state index contributed by atoms with van der Waals surface area (Å²) in [4.78, 5) is 10.1. The van der Waals surface area contributed by atoms with E-state index in [0.29, 0.717) is 0 Å². The third-order valence-electron chi connectivity index (χ3n) is 0.803. The zero-order valence-electron chi connectivity index (χ0n) is 5.85. The van der Waals surface area contributed by atoms with Gasteiger partial charge in [-0.05, 0) is 0 Å². The van der Waals surface area contributed by atoms with Crippen molar-refractivity contribution in [3.05, 3.63) is 0 Å². The summed E-state index contributed by atoms with van der Waals surface area (Å²) in [6.07, 6.45) is -1.46.